The van der Waals surface area contributed by atoms with Gasteiger partial charge in [0, 0.05) is 6.04 Å². The van der Waals surface area contributed by atoms with Crippen molar-refractivity contribution in [2.24, 2.45) is 11.3 Å². The third kappa shape index (κ3) is 2.32. The third-order valence-corrected chi connectivity index (χ3v) is 4.41. The van der Waals surface area contributed by atoms with E-state index in [-0.39, 0.29) is 5.92 Å². The fourth-order valence-electron chi connectivity index (χ4n) is 3.26. The molecule has 0 saturated heterocycles. The minimum absolute atomic E-state index is 0.0819. The van der Waals surface area contributed by atoms with Gasteiger partial charge in [-0.15, -0.1) is 5.10 Å². The van der Waals surface area contributed by atoms with Crippen LogP contribution in [0.1, 0.15) is 25.1 Å². The Morgan fingerprint density at radius 3 is 2.73 bits per heavy atom. The molecule has 0 spiro atoms. The van der Waals surface area contributed by atoms with E-state index in [1.165, 1.54) is 0 Å². The molecule has 3 rings (SSSR count). The fourth-order valence-corrected chi connectivity index (χ4v) is 3.26. The molecule has 7 nitrogen and oxygen atoms in total. The van der Waals surface area contributed by atoms with E-state index in [1.54, 1.807) is 0 Å². The highest BCUT2D eigenvalue weighted by atomic mass is 19.4. The Morgan fingerprint density at radius 1 is 1.45 bits per heavy atom. The van der Waals surface area contributed by atoms with Crippen LogP contribution in [0.5, 0.6) is 0 Å². The summed E-state index contributed by atoms with van der Waals surface area (Å²) in [5.41, 5.74) is -0.894. The molecule has 120 valence electrons. The number of nitrogens with zero attached hydrogens (tertiary/aromatic N) is 3. The molecule has 2 fully saturated rings. The van der Waals surface area contributed by atoms with Crippen LogP contribution in [0, 0.1) is 11.3 Å². The topological polar surface area (TPSA) is 97.1 Å². The van der Waals surface area contributed by atoms with Crippen molar-refractivity contribution in [1.82, 2.24) is 20.1 Å². The van der Waals surface area contributed by atoms with Crippen LogP contribution in [0.2, 0.25) is 0 Å². The Hall–Kier alpha value is -2.13. The molecule has 2 aliphatic rings. The zero-order chi connectivity index (χ0) is 16.1. The highest BCUT2D eigenvalue weighted by Crippen LogP contribution is 2.63. The zero-order valence-corrected chi connectivity index (χ0v) is 11.3. The summed E-state index contributed by atoms with van der Waals surface area (Å²) < 4.78 is 37.9. The number of amides is 1. The number of carbonyl (C=O) groups excluding carboxylic acids is 1. The molecule has 2 saturated carbocycles. The van der Waals surface area contributed by atoms with Gasteiger partial charge in [0.05, 0.1) is 5.41 Å². The molecule has 1 heterocycles. The van der Waals surface area contributed by atoms with E-state index < -0.39 is 41.9 Å². The largest absolute Gasteiger partial charge is 0.481 e. The number of hydrogen-bond donors (Lipinski definition) is 2. The number of hydrogen-bond acceptors (Lipinski definition) is 4. The van der Waals surface area contributed by atoms with Crippen molar-refractivity contribution in [1.29, 1.82) is 0 Å². The summed E-state index contributed by atoms with van der Waals surface area (Å²) in [6.07, 6.45) is -2.01. The van der Waals surface area contributed by atoms with E-state index in [1.807, 2.05) is 0 Å². The minimum atomic E-state index is -4.66. The predicted molar refractivity (Wildman–Crippen MR) is 64.4 cm³/mol. The van der Waals surface area contributed by atoms with Gasteiger partial charge >= 0.3 is 12.1 Å². The quantitative estimate of drug-likeness (QED) is 0.850. The van der Waals surface area contributed by atoms with Crippen molar-refractivity contribution in [2.45, 2.75) is 38.0 Å². The number of rotatable bonds is 4. The SMILES string of the molecule is O=C(Cn1cnc(C(F)(F)F)n1)NC1CCC2CC21C(=O)O. The number of carboxylic acid groups (broad SMARTS) is 1. The van der Waals surface area contributed by atoms with E-state index >= 15 is 0 Å². The first-order chi connectivity index (χ1) is 10.2. The second-order valence-electron chi connectivity index (χ2n) is 5.71. The third-order valence-electron chi connectivity index (χ3n) is 4.41. The lowest BCUT2D eigenvalue weighted by Gasteiger charge is -2.20. The Bertz CT molecular complexity index is 629. The maximum Gasteiger partial charge on any atom is 0.453 e. The van der Waals surface area contributed by atoms with Crippen LogP contribution in [0.3, 0.4) is 0 Å². The van der Waals surface area contributed by atoms with Crippen LogP contribution in [-0.2, 0) is 22.3 Å². The average molecular weight is 318 g/mol. The number of alkyl halides is 3. The molecule has 0 aliphatic heterocycles. The second kappa shape index (κ2) is 4.68. The molecule has 22 heavy (non-hydrogen) atoms. The van der Waals surface area contributed by atoms with Gasteiger partial charge in [-0.1, -0.05) is 0 Å². The van der Waals surface area contributed by atoms with E-state index in [2.05, 4.69) is 15.4 Å². The number of halogens is 3. The van der Waals surface area contributed by atoms with Crippen molar-refractivity contribution >= 4 is 11.9 Å². The van der Waals surface area contributed by atoms with Gasteiger partial charge in [-0.25, -0.2) is 9.67 Å². The predicted octanol–water partition coefficient (Wildman–Crippen LogP) is 0.666. The molecule has 1 amide bonds. The van der Waals surface area contributed by atoms with Crippen LogP contribution in [0.4, 0.5) is 13.2 Å². The molecular formula is C12H13F3N4O3. The van der Waals surface area contributed by atoms with Gasteiger partial charge in [-0.3, -0.25) is 9.59 Å². The van der Waals surface area contributed by atoms with E-state index in [0.29, 0.717) is 12.8 Å². The molecule has 1 aromatic heterocycles. The fraction of sp³-hybridized carbons (Fsp3) is 0.667. The van der Waals surface area contributed by atoms with Crippen molar-refractivity contribution in [2.75, 3.05) is 0 Å². The monoisotopic (exact) mass is 318 g/mol. The molecule has 1 aromatic rings. The van der Waals surface area contributed by atoms with Gasteiger partial charge in [-0.05, 0) is 25.2 Å². The summed E-state index contributed by atoms with van der Waals surface area (Å²) in [4.78, 5) is 26.3. The second-order valence-corrected chi connectivity index (χ2v) is 5.71. The Morgan fingerprint density at radius 2 is 2.18 bits per heavy atom. The highest BCUT2D eigenvalue weighted by Gasteiger charge is 2.68. The van der Waals surface area contributed by atoms with Gasteiger partial charge in [0.2, 0.25) is 5.91 Å². The maximum absolute atomic E-state index is 12.4. The van der Waals surface area contributed by atoms with Gasteiger partial charge in [0.15, 0.2) is 0 Å². The molecule has 0 aromatic carbocycles. The van der Waals surface area contributed by atoms with Crippen molar-refractivity contribution < 1.29 is 27.9 Å². The molecule has 10 heteroatoms. The Kier molecular flexibility index (Phi) is 3.15. The summed E-state index contributed by atoms with van der Waals surface area (Å²) >= 11 is 0. The molecule has 2 N–H and O–H groups in total. The molecule has 0 radical (unpaired) electrons. The lowest BCUT2D eigenvalue weighted by Crippen LogP contribution is -2.44. The Balaban J connectivity index is 1.62. The molecule has 3 unspecified atom stereocenters. The standard InChI is InChI=1S/C12H13F3N4O3/c13-12(14,15)9-16-5-19(18-9)4-8(20)17-7-2-1-6-3-11(6,7)10(21)22/h5-7H,1-4H2,(H,17,20)(H,21,22). The number of carbonyl (C=O) groups is 2. The number of carboxylic acids is 1. The van der Waals surface area contributed by atoms with Crippen LogP contribution in [-0.4, -0.2) is 37.8 Å². The summed E-state index contributed by atoms with van der Waals surface area (Å²) in [5, 5.41) is 15.1. The van der Waals surface area contributed by atoms with Crippen molar-refractivity contribution in [3.63, 3.8) is 0 Å². The first-order valence-corrected chi connectivity index (χ1v) is 6.73. The summed E-state index contributed by atoms with van der Waals surface area (Å²) in [5.74, 6) is -2.74. The number of aliphatic carboxylic acids is 1. The minimum Gasteiger partial charge on any atom is -0.481 e. The Labute approximate surface area is 122 Å². The molecule has 2 aliphatic carbocycles. The van der Waals surface area contributed by atoms with Crippen LogP contribution in [0.15, 0.2) is 6.33 Å². The van der Waals surface area contributed by atoms with E-state index in [4.69, 9.17) is 0 Å². The summed E-state index contributed by atoms with van der Waals surface area (Å²) in [7, 11) is 0. The summed E-state index contributed by atoms with van der Waals surface area (Å²) in [6.45, 7) is -0.431. The van der Waals surface area contributed by atoms with Crippen LogP contribution < -0.4 is 5.32 Å². The lowest BCUT2D eigenvalue weighted by molar-refractivity contribution is -0.146. The van der Waals surface area contributed by atoms with Gasteiger partial charge in [-0.2, -0.15) is 13.2 Å². The van der Waals surface area contributed by atoms with Gasteiger partial charge in [0.25, 0.3) is 5.82 Å². The maximum atomic E-state index is 12.4. The van der Waals surface area contributed by atoms with Crippen LogP contribution in [0.25, 0.3) is 0 Å². The zero-order valence-electron chi connectivity index (χ0n) is 11.3. The molecular weight excluding hydrogens is 305 g/mol. The first-order valence-electron chi connectivity index (χ1n) is 6.73. The lowest BCUT2D eigenvalue weighted by atomic mass is 9.98. The van der Waals surface area contributed by atoms with Crippen molar-refractivity contribution in [3.8, 4) is 0 Å². The van der Waals surface area contributed by atoms with Crippen LogP contribution >= 0.6 is 0 Å². The number of nitrogens with one attached hydrogen (secondary N) is 1. The van der Waals surface area contributed by atoms with E-state index in [9.17, 15) is 27.9 Å². The molecule has 3 atom stereocenters. The highest BCUT2D eigenvalue weighted by molar-refractivity contribution is 5.83. The molecule has 0 bridgehead atoms. The van der Waals surface area contributed by atoms with Gasteiger partial charge in [0.1, 0.15) is 12.9 Å². The van der Waals surface area contributed by atoms with Gasteiger partial charge < -0.3 is 10.4 Å². The summed E-state index contributed by atoms with van der Waals surface area (Å²) in [6, 6.07) is -0.479. The average Bonchev–Trinajstić information content (AvgIpc) is 2.76. The number of aromatic nitrogens is 3. The number of fused-ring (bicyclic) bond motifs is 1. The normalized spacial score (nSPS) is 30.0. The first kappa shape index (κ1) is 14.8. The van der Waals surface area contributed by atoms with E-state index in [0.717, 1.165) is 17.4 Å². The van der Waals surface area contributed by atoms with Crippen molar-refractivity contribution in [3.05, 3.63) is 12.2 Å². The smallest absolute Gasteiger partial charge is 0.453 e.